The number of nitrogens with zero attached hydrogens (tertiary/aromatic N) is 2. The highest BCUT2D eigenvalue weighted by Gasteiger charge is 2.21. The third-order valence-electron chi connectivity index (χ3n) is 2.79. The standard InChI is InChI=1S/C13H21N5O3S/c1-3-7-10(2)16-13(18(14)22(15,20)21)17-12(19)11-8-5-4-6-9-11/h4-6,8-10H,3,7,14H2,1-2H3,(H2,15,20,21)(H,16,17,19). The number of hydrogen-bond donors (Lipinski definition) is 3. The van der Waals surface area contributed by atoms with E-state index in [9.17, 15) is 13.2 Å². The number of benzene rings is 1. The molecule has 0 aliphatic heterocycles. The molecule has 0 spiro atoms. The van der Waals surface area contributed by atoms with Crippen LogP contribution in [0.25, 0.3) is 0 Å². The maximum atomic E-state index is 12.1. The first-order valence-corrected chi connectivity index (χ1v) is 8.28. The first kappa shape index (κ1) is 18.1. The van der Waals surface area contributed by atoms with E-state index in [4.69, 9.17) is 11.0 Å². The number of guanidine groups is 1. The first-order valence-electron chi connectivity index (χ1n) is 6.77. The zero-order valence-electron chi connectivity index (χ0n) is 12.6. The minimum Gasteiger partial charge on any atom is -0.290 e. The van der Waals surface area contributed by atoms with Crippen LogP contribution in [0.1, 0.15) is 37.0 Å². The summed E-state index contributed by atoms with van der Waals surface area (Å²) in [5.74, 6) is 4.61. The molecule has 1 aromatic carbocycles. The van der Waals surface area contributed by atoms with Gasteiger partial charge in [-0.25, -0.2) is 16.0 Å². The second-order valence-corrected chi connectivity index (χ2v) is 6.17. The van der Waals surface area contributed by atoms with Crippen LogP contribution in [0, 0.1) is 0 Å². The number of rotatable bonds is 5. The van der Waals surface area contributed by atoms with Crippen LogP contribution in [0.2, 0.25) is 0 Å². The van der Waals surface area contributed by atoms with E-state index in [1.165, 1.54) is 0 Å². The summed E-state index contributed by atoms with van der Waals surface area (Å²) in [6, 6.07) is 8.08. The van der Waals surface area contributed by atoms with E-state index in [0.717, 1.165) is 6.42 Å². The quantitative estimate of drug-likeness (QED) is 0.311. The van der Waals surface area contributed by atoms with Crippen molar-refractivity contribution in [2.75, 3.05) is 0 Å². The number of nitrogens with two attached hydrogens (primary N) is 2. The average Bonchev–Trinajstić information content (AvgIpc) is 2.46. The second kappa shape index (κ2) is 7.87. The number of aliphatic imine (C=N–C) groups is 1. The van der Waals surface area contributed by atoms with Crippen molar-refractivity contribution in [3.05, 3.63) is 35.9 Å². The summed E-state index contributed by atoms with van der Waals surface area (Å²) >= 11 is 0. The van der Waals surface area contributed by atoms with Gasteiger partial charge >= 0.3 is 10.2 Å². The Morgan fingerprint density at radius 2 is 1.95 bits per heavy atom. The van der Waals surface area contributed by atoms with E-state index in [2.05, 4.69) is 10.3 Å². The van der Waals surface area contributed by atoms with E-state index >= 15 is 0 Å². The van der Waals surface area contributed by atoms with Gasteiger partial charge in [-0.2, -0.15) is 12.8 Å². The molecule has 0 heterocycles. The van der Waals surface area contributed by atoms with E-state index in [1.54, 1.807) is 37.3 Å². The van der Waals surface area contributed by atoms with Gasteiger partial charge in [-0.15, -0.1) is 0 Å². The SMILES string of the molecule is CCCC(C)N=C(NC(=O)c1ccccc1)N(N)S(N)(=O)=O. The molecule has 22 heavy (non-hydrogen) atoms. The van der Waals surface area contributed by atoms with Crippen molar-refractivity contribution in [2.45, 2.75) is 32.7 Å². The molecule has 0 aliphatic carbocycles. The Bertz CT molecular complexity index is 630. The lowest BCUT2D eigenvalue weighted by Crippen LogP contribution is -2.53. The van der Waals surface area contributed by atoms with Crippen LogP contribution in [-0.2, 0) is 10.2 Å². The summed E-state index contributed by atoms with van der Waals surface area (Å²) in [6.07, 6.45) is 1.56. The molecule has 8 nitrogen and oxygen atoms in total. The van der Waals surface area contributed by atoms with Crippen molar-refractivity contribution in [1.82, 2.24) is 9.73 Å². The summed E-state index contributed by atoms with van der Waals surface area (Å²) in [5.41, 5.74) is 0.348. The molecule has 0 saturated heterocycles. The number of carbonyl (C=O) groups excluding carboxylic acids is 1. The van der Waals surface area contributed by atoms with Crippen molar-refractivity contribution in [3.8, 4) is 0 Å². The van der Waals surface area contributed by atoms with Crippen LogP contribution < -0.4 is 16.3 Å². The molecule has 1 rings (SSSR count). The monoisotopic (exact) mass is 327 g/mol. The van der Waals surface area contributed by atoms with Gasteiger partial charge in [0.05, 0.1) is 6.04 Å². The predicted molar refractivity (Wildman–Crippen MR) is 84.8 cm³/mol. The molecule has 1 aromatic rings. The molecule has 1 amide bonds. The molecule has 0 radical (unpaired) electrons. The second-order valence-electron chi connectivity index (χ2n) is 4.75. The van der Waals surface area contributed by atoms with Gasteiger partial charge in [0.25, 0.3) is 5.91 Å². The van der Waals surface area contributed by atoms with Crippen LogP contribution in [-0.4, -0.2) is 30.7 Å². The lowest BCUT2D eigenvalue weighted by molar-refractivity contribution is 0.0974. The van der Waals surface area contributed by atoms with Gasteiger partial charge in [0, 0.05) is 5.56 Å². The van der Waals surface area contributed by atoms with Crippen molar-refractivity contribution >= 4 is 22.1 Å². The highest BCUT2D eigenvalue weighted by Crippen LogP contribution is 2.03. The zero-order valence-corrected chi connectivity index (χ0v) is 13.4. The van der Waals surface area contributed by atoms with Crippen molar-refractivity contribution in [2.24, 2.45) is 16.0 Å². The molecule has 0 aromatic heterocycles. The van der Waals surface area contributed by atoms with Gasteiger partial charge in [-0.3, -0.25) is 10.1 Å². The number of hydrogen-bond acceptors (Lipinski definition) is 5. The minimum atomic E-state index is -4.22. The molecular formula is C13H21N5O3S. The molecule has 0 saturated carbocycles. The maximum Gasteiger partial charge on any atom is 0.315 e. The van der Waals surface area contributed by atoms with Gasteiger partial charge in [0.2, 0.25) is 5.96 Å². The molecule has 1 atom stereocenters. The first-order chi connectivity index (χ1) is 10.3. The van der Waals surface area contributed by atoms with E-state index in [0.29, 0.717) is 12.0 Å². The van der Waals surface area contributed by atoms with Crippen molar-refractivity contribution in [3.63, 3.8) is 0 Å². The lowest BCUT2D eigenvalue weighted by Gasteiger charge is -2.19. The molecule has 0 bridgehead atoms. The smallest absolute Gasteiger partial charge is 0.290 e. The topological polar surface area (TPSA) is 131 Å². The van der Waals surface area contributed by atoms with Gasteiger partial charge in [-0.1, -0.05) is 31.5 Å². The Kier molecular flexibility index (Phi) is 6.47. The van der Waals surface area contributed by atoms with Crippen molar-refractivity contribution in [1.29, 1.82) is 0 Å². The average molecular weight is 327 g/mol. The van der Waals surface area contributed by atoms with Crippen LogP contribution in [0.5, 0.6) is 0 Å². The summed E-state index contributed by atoms with van der Waals surface area (Å²) in [7, 11) is -4.22. The van der Waals surface area contributed by atoms with Gasteiger partial charge in [0.15, 0.2) is 0 Å². The van der Waals surface area contributed by atoms with Crippen LogP contribution in [0.4, 0.5) is 0 Å². The highest BCUT2D eigenvalue weighted by atomic mass is 32.2. The zero-order chi connectivity index (χ0) is 16.8. The third-order valence-corrected chi connectivity index (χ3v) is 3.51. The Morgan fingerprint density at radius 3 is 2.45 bits per heavy atom. The summed E-state index contributed by atoms with van der Waals surface area (Å²) in [5, 5.41) is 7.37. The van der Waals surface area contributed by atoms with Gasteiger partial charge < -0.3 is 0 Å². The Balaban J connectivity index is 3.03. The fraction of sp³-hybridized carbons (Fsp3) is 0.385. The van der Waals surface area contributed by atoms with Gasteiger partial charge in [-0.05, 0) is 25.5 Å². The summed E-state index contributed by atoms with van der Waals surface area (Å²) in [4.78, 5) is 16.2. The van der Waals surface area contributed by atoms with Crippen molar-refractivity contribution < 1.29 is 13.2 Å². The van der Waals surface area contributed by atoms with Crippen LogP contribution >= 0.6 is 0 Å². The molecule has 0 aliphatic rings. The van der Waals surface area contributed by atoms with E-state index in [1.807, 2.05) is 6.92 Å². The van der Waals surface area contributed by atoms with Gasteiger partial charge in [0.1, 0.15) is 0 Å². The third kappa shape index (κ3) is 5.43. The fourth-order valence-electron chi connectivity index (χ4n) is 1.72. The minimum absolute atomic E-state index is 0.219. The number of nitrogens with one attached hydrogen (secondary N) is 1. The summed E-state index contributed by atoms with van der Waals surface area (Å²) in [6.45, 7) is 3.75. The Morgan fingerprint density at radius 1 is 1.36 bits per heavy atom. The molecule has 9 heteroatoms. The molecule has 0 fully saturated rings. The summed E-state index contributed by atoms with van der Waals surface area (Å²) < 4.78 is 23.0. The Labute approximate surface area is 130 Å². The predicted octanol–water partition coefficient (Wildman–Crippen LogP) is 0.340. The normalized spacial score (nSPS) is 13.5. The Hall–Kier alpha value is -1.97. The molecular weight excluding hydrogens is 306 g/mol. The van der Waals surface area contributed by atoms with E-state index < -0.39 is 16.1 Å². The molecule has 122 valence electrons. The van der Waals surface area contributed by atoms with Crippen LogP contribution in [0.15, 0.2) is 35.3 Å². The number of amides is 1. The molecule has 1 unspecified atom stereocenters. The van der Waals surface area contributed by atoms with E-state index in [-0.39, 0.29) is 16.4 Å². The maximum absolute atomic E-state index is 12.1. The fourth-order valence-corrected chi connectivity index (χ4v) is 2.05. The largest absolute Gasteiger partial charge is 0.315 e. The number of carbonyl (C=O) groups is 1. The highest BCUT2D eigenvalue weighted by molar-refractivity contribution is 7.87. The lowest BCUT2D eigenvalue weighted by atomic mass is 10.2. The molecule has 5 N–H and O–H groups in total. The van der Waals surface area contributed by atoms with Crippen LogP contribution in [0.3, 0.4) is 0 Å². The number of hydrazine groups is 1.